The Morgan fingerprint density at radius 2 is 1.11 bits per heavy atom. The highest BCUT2D eigenvalue weighted by Gasteiger charge is 2.64. The zero-order valence-electron chi connectivity index (χ0n) is 45.9. The van der Waals surface area contributed by atoms with Crippen LogP contribution in [0.3, 0.4) is 0 Å². The quantitative estimate of drug-likeness (QED) is 0.159. The standard InChI is InChI=1S/C68H76BN3Si/c1-63(2,3)47-32-34-56(51(39-47)45-25-15-13-16-26-45)70-58-40-48(64(4,5)6)31-33-54(58)69-55-44-50(73(10,11)12)43-53-62(55)72(66(8)36-22-21-35-65(53,66)7)60-42-49(41-59(70)61(60)69)71-57-30-20-19-29-52(57)68(46-27-17-14-18-28-46)38-24-23-37-67(68,71)9/h13-20,25-34,39-44H,21-24,35-38H2,1-12H3. The average Bonchev–Trinajstić information content (AvgIpc) is 3.74. The second-order valence-corrected chi connectivity index (χ2v) is 32.1. The van der Waals surface area contributed by atoms with Gasteiger partial charge in [0.05, 0.1) is 24.8 Å². The average molecular weight is 974 g/mol. The molecule has 2 saturated carbocycles. The van der Waals surface area contributed by atoms with Crippen LogP contribution in [0.5, 0.6) is 0 Å². The summed E-state index contributed by atoms with van der Waals surface area (Å²) in [7, 11) is -1.78. The molecule has 2 fully saturated rings. The maximum atomic E-state index is 2.98. The first-order valence-corrected chi connectivity index (χ1v) is 31.5. The van der Waals surface area contributed by atoms with E-state index in [1.807, 2.05) is 0 Å². The van der Waals surface area contributed by atoms with E-state index in [9.17, 15) is 0 Å². The Morgan fingerprint density at radius 3 is 1.82 bits per heavy atom. The molecule has 3 nitrogen and oxygen atoms in total. The highest BCUT2D eigenvalue weighted by Crippen LogP contribution is 2.66. The van der Waals surface area contributed by atoms with Gasteiger partial charge < -0.3 is 14.7 Å². The molecule has 4 heterocycles. The van der Waals surface area contributed by atoms with Gasteiger partial charge >= 0.3 is 0 Å². The van der Waals surface area contributed by atoms with Gasteiger partial charge in [0, 0.05) is 50.5 Å². The van der Waals surface area contributed by atoms with Gasteiger partial charge in [-0.05, 0) is 137 Å². The predicted octanol–water partition coefficient (Wildman–Crippen LogP) is 15.6. The fourth-order valence-electron chi connectivity index (χ4n) is 15.8. The van der Waals surface area contributed by atoms with Crippen molar-refractivity contribution in [1.82, 2.24) is 0 Å². The molecule has 4 aliphatic heterocycles. The Morgan fingerprint density at radius 1 is 0.493 bits per heavy atom. The topological polar surface area (TPSA) is 9.72 Å². The summed E-state index contributed by atoms with van der Waals surface area (Å²) in [5.41, 5.74) is 23.1. The molecule has 0 N–H and O–H groups in total. The van der Waals surface area contributed by atoms with Crippen LogP contribution in [0.1, 0.15) is 141 Å². The largest absolute Gasteiger partial charge is 0.335 e. The Kier molecular flexibility index (Phi) is 10.1. The molecule has 7 aromatic carbocycles. The molecule has 7 aromatic rings. The molecular formula is C68H76BN3Si. The van der Waals surface area contributed by atoms with Crippen molar-refractivity contribution in [2.75, 3.05) is 14.7 Å². The van der Waals surface area contributed by atoms with Gasteiger partial charge in [-0.15, -0.1) is 0 Å². The first kappa shape index (κ1) is 47.0. The van der Waals surface area contributed by atoms with Gasteiger partial charge in [0.25, 0.3) is 6.71 Å². The fourth-order valence-corrected chi connectivity index (χ4v) is 16.9. The molecule has 0 amide bonds. The first-order valence-electron chi connectivity index (χ1n) is 28.0. The van der Waals surface area contributed by atoms with Crippen LogP contribution in [0, 0.1) is 0 Å². The molecule has 0 radical (unpaired) electrons. The number of para-hydroxylation sites is 1. The van der Waals surface area contributed by atoms with E-state index in [1.165, 1.54) is 128 Å². The minimum Gasteiger partial charge on any atom is -0.335 e. The highest BCUT2D eigenvalue weighted by molar-refractivity contribution is 7.01. The van der Waals surface area contributed by atoms with E-state index in [0.717, 1.165) is 12.8 Å². The number of rotatable bonds is 5. The van der Waals surface area contributed by atoms with Gasteiger partial charge in [-0.3, -0.25) is 0 Å². The van der Waals surface area contributed by atoms with Gasteiger partial charge in [0.15, 0.2) is 0 Å². The SMILES string of the molecule is CC(C)(C)c1ccc(N2c3cc(C(C)(C)C)ccc3B3c4cc([Si](C)(C)C)cc5c4N(c4cc(N6c7ccccc7C7(c8ccccc8)CCCCC67C)cc2c43)C2(C)CCCCC52C)c(-c2ccccc2)c1. The second kappa shape index (κ2) is 15.6. The molecule has 73 heavy (non-hydrogen) atoms. The number of hydrogen-bond acceptors (Lipinski definition) is 3. The minimum atomic E-state index is -1.78. The van der Waals surface area contributed by atoms with Crippen molar-refractivity contribution in [3.8, 4) is 11.1 Å². The van der Waals surface area contributed by atoms with Crippen molar-refractivity contribution in [2.45, 2.75) is 166 Å². The highest BCUT2D eigenvalue weighted by atomic mass is 28.3. The Bertz CT molecular complexity index is 3400. The van der Waals surface area contributed by atoms with Crippen molar-refractivity contribution in [3.63, 3.8) is 0 Å². The van der Waals surface area contributed by atoms with E-state index in [-0.39, 0.29) is 39.5 Å². The summed E-state index contributed by atoms with van der Waals surface area (Å²) in [5.74, 6) is 0. The zero-order chi connectivity index (χ0) is 50.8. The smallest absolute Gasteiger partial charge is 0.252 e. The van der Waals surface area contributed by atoms with Crippen molar-refractivity contribution in [3.05, 3.63) is 173 Å². The molecular weight excluding hydrogens is 898 g/mol. The van der Waals surface area contributed by atoms with Gasteiger partial charge in [-0.1, -0.05) is 208 Å². The lowest BCUT2D eigenvalue weighted by molar-refractivity contribution is 0.195. The molecule has 4 atom stereocenters. The molecule has 13 rings (SSSR count). The lowest BCUT2D eigenvalue weighted by Crippen LogP contribution is -2.65. The van der Waals surface area contributed by atoms with Crippen molar-refractivity contribution in [2.24, 2.45) is 0 Å². The van der Waals surface area contributed by atoms with Crippen LogP contribution in [-0.2, 0) is 21.7 Å². The third kappa shape index (κ3) is 6.36. The lowest BCUT2D eigenvalue weighted by atomic mass is 9.33. The molecule has 4 unspecified atom stereocenters. The molecule has 2 aliphatic carbocycles. The Balaban J connectivity index is 1.19. The van der Waals surface area contributed by atoms with Crippen LogP contribution in [0.2, 0.25) is 19.6 Å². The summed E-state index contributed by atoms with van der Waals surface area (Å²) in [4.78, 5) is 8.62. The van der Waals surface area contributed by atoms with Gasteiger partial charge in [0.2, 0.25) is 0 Å². The van der Waals surface area contributed by atoms with Crippen molar-refractivity contribution in [1.29, 1.82) is 0 Å². The number of nitrogens with zero attached hydrogens (tertiary/aromatic N) is 3. The minimum absolute atomic E-state index is 0.00130. The summed E-state index contributed by atoms with van der Waals surface area (Å²) in [6.45, 7) is 30.0. The summed E-state index contributed by atoms with van der Waals surface area (Å²) in [6.07, 6.45) is 9.60. The third-order valence-electron chi connectivity index (χ3n) is 19.9. The van der Waals surface area contributed by atoms with E-state index in [0.29, 0.717) is 0 Å². The van der Waals surface area contributed by atoms with E-state index in [2.05, 4.69) is 242 Å². The van der Waals surface area contributed by atoms with Crippen molar-refractivity contribution >= 4 is 76.2 Å². The van der Waals surface area contributed by atoms with Crippen LogP contribution in [-0.4, -0.2) is 25.9 Å². The van der Waals surface area contributed by atoms with Crippen LogP contribution >= 0.6 is 0 Å². The molecule has 5 heteroatoms. The maximum absolute atomic E-state index is 2.98. The molecule has 0 spiro atoms. The predicted molar refractivity (Wildman–Crippen MR) is 317 cm³/mol. The number of anilines is 7. The van der Waals surface area contributed by atoms with E-state index in [4.69, 9.17) is 0 Å². The Hall–Kier alpha value is -5.78. The number of benzene rings is 7. The third-order valence-corrected chi connectivity index (χ3v) is 22.0. The molecule has 6 aliphatic rings. The molecule has 0 bridgehead atoms. The molecule has 370 valence electrons. The first-order chi connectivity index (χ1) is 34.7. The van der Waals surface area contributed by atoms with E-state index >= 15 is 0 Å². The van der Waals surface area contributed by atoms with Crippen LogP contribution in [0.15, 0.2) is 146 Å². The second-order valence-electron chi connectivity index (χ2n) is 27.0. The summed E-state index contributed by atoms with van der Waals surface area (Å²) >= 11 is 0. The van der Waals surface area contributed by atoms with Crippen molar-refractivity contribution < 1.29 is 0 Å². The molecule has 0 saturated heterocycles. The van der Waals surface area contributed by atoms with E-state index in [1.54, 1.807) is 10.8 Å². The van der Waals surface area contributed by atoms with Crippen LogP contribution < -0.4 is 36.3 Å². The number of fused-ring (bicyclic) bond motifs is 10. The lowest BCUT2D eigenvalue weighted by Gasteiger charge is -2.54. The normalized spacial score (nSPS) is 24.7. The van der Waals surface area contributed by atoms with Crippen LogP contribution in [0.4, 0.5) is 39.8 Å². The zero-order valence-corrected chi connectivity index (χ0v) is 46.9. The fraction of sp³-hybridized carbons (Fsp3) is 0.382. The monoisotopic (exact) mass is 974 g/mol. The summed E-state index contributed by atoms with van der Waals surface area (Å²) in [5, 5.41) is 1.59. The van der Waals surface area contributed by atoms with Gasteiger partial charge in [0.1, 0.15) is 0 Å². The summed E-state index contributed by atoms with van der Waals surface area (Å²) < 4.78 is 0. The maximum Gasteiger partial charge on any atom is 0.252 e. The summed E-state index contributed by atoms with van der Waals surface area (Å²) in [6, 6.07) is 58.4. The Labute approximate surface area is 439 Å². The number of hydrogen-bond donors (Lipinski definition) is 0. The molecule has 0 aromatic heterocycles. The van der Waals surface area contributed by atoms with Gasteiger partial charge in [-0.25, -0.2) is 0 Å². The van der Waals surface area contributed by atoms with Gasteiger partial charge in [-0.2, -0.15) is 0 Å². The van der Waals surface area contributed by atoms with E-state index < -0.39 is 8.07 Å². The van der Waals surface area contributed by atoms with Crippen LogP contribution in [0.25, 0.3) is 11.1 Å².